The van der Waals surface area contributed by atoms with Crippen molar-refractivity contribution in [2.45, 2.75) is 38.1 Å². The third kappa shape index (κ3) is 7.80. The Morgan fingerprint density at radius 2 is 1.67 bits per heavy atom. The molecule has 0 bridgehead atoms. The molecule has 0 spiro atoms. The highest BCUT2D eigenvalue weighted by Crippen LogP contribution is 2.25. The predicted octanol–water partition coefficient (Wildman–Crippen LogP) is 6.02. The number of carbonyl (C=O) groups excluding carboxylic acids is 2. The SMILES string of the molecule is CCCNC(=O)[C@@H](Cc1ccccc1)N(Cc1ccccc1F)C(=O)CSCc1c(F)cccc1Cl. The van der Waals surface area contributed by atoms with Gasteiger partial charge in [0.05, 0.1) is 5.75 Å². The Morgan fingerprint density at radius 3 is 2.36 bits per heavy atom. The average Bonchev–Trinajstić information content (AvgIpc) is 2.88. The summed E-state index contributed by atoms with van der Waals surface area (Å²) in [4.78, 5) is 28.2. The van der Waals surface area contributed by atoms with Gasteiger partial charge in [0.2, 0.25) is 11.8 Å². The highest BCUT2D eigenvalue weighted by atomic mass is 35.5. The maximum Gasteiger partial charge on any atom is 0.243 e. The number of hydrogen-bond acceptors (Lipinski definition) is 3. The molecule has 190 valence electrons. The number of thioether (sulfide) groups is 1. The van der Waals surface area contributed by atoms with Crippen molar-refractivity contribution in [1.82, 2.24) is 10.2 Å². The minimum atomic E-state index is -0.844. The first-order valence-electron chi connectivity index (χ1n) is 11.8. The quantitative estimate of drug-likeness (QED) is 0.311. The lowest BCUT2D eigenvalue weighted by Crippen LogP contribution is -2.51. The van der Waals surface area contributed by atoms with Crippen molar-refractivity contribution >= 4 is 35.2 Å². The predicted molar refractivity (Wildman–Crippen MR) is 142 cm³/mol. The van der Waals surface area contributed by atoms with Gasteiger partial charge in [-0.3, -0.25) is 9.59 Å². The second-order valence-corrected chi connectivity index (χ2v) is 9.70. The largest absolute Gasteiger partial charge is 0.354 e. The fourth-order valence-electron chi connectivity index (χ4n) is 3.72. The molecule has 0 heterocycles. The number of rotatable bonds is 12. The summed E-state index contributed by atoms with van der Waals surface area (Å²) >= 11 is 7.32. The van der Waals surface area contributed by atoms with Crippen molar-refractivity contribution < 1.29 is 18.4 Å². The molecule has 4 nitrogen and oxygen atoms in total. The summed E-state index contributed by atoms with van der Waals surface area (Å²) in [5.41, 5.74) is 1.51. The Hall–Kier alpha value is -2.90. The summed E-state index contributed by atoms with van der Waals surface area (Å²) in [5.74, 6) is -1.36. The van der Waals surface area contributed by atoms with E-state index in [0.717, 1.165) is 12.0 Å². The topological polar surface area (TPSA) is 49.4 Å². The fourth-order valence-corrected chi connectivity index (χ4v) is 4.97. The minimum Gasteiger partial charge on any atom is -0.354 e. The Kier molecular flexibility index (Phi) is 10.8. The zero-order chi connectivity index (χ0) is 25.9. The molecule has 1 atom stereocenters. The van der Waals surface area contributed by atoms with E-state index < -0.39 is 17.7 Å². The van der Waals surface area contributed by atoms with Crippen molar-refractivity contribution in [2.24, 2.45) is 0 Å². The molecule has 0 saturated carbocycles. The maximum atomic E-state index is 14.6. The van der Waals surface area contributed by atoms with Crippen LogP contribution in [0.1, 0.15) is 30.0 Å². The van der Waals surface area contributed by atoms with Gasteiger partial charge in [-0.05, 0) is 30.2 Å². The first kappa shape index (κ1) is 27.7. The monoisotopic (exact) mass is 530 g/mol. The van der Waals surface area contributed by atoms with Crippen LogP contribution < -0.4 is 5.32 Å². The summed E-state index contributed by atoms with van der Waals surface area (Å²) in [7, 11) is 0. The maximum absolute atomic E-state index is 14.6. The van der Waals surface area contributed by atoms with Crippen LogP contribution in [0.2, 0.25) is 5.02 Å². The lowest BCUT2D eigenvalue weighted by Gasteiger charge is -2.31. The van der Waals surface area contributed by atoms with E-state index in [9.17, 15) is 18.4 Å². The average molecular weight is 531 g/mol. The van der Waals surface area contributed by atoms with E-state index in [1.165, 1.54) is 34.9 Å². The van der Waals surface area contributed by atoms with E-state index in [2.05, 4.69) is 5.32 Å². The molecular formula is C28H29ClF2N2O2S. The smallest absolute Gasteiger partial charge is 0.243 e. The number of nitrogens with zero attached hydrogens (tertiary/aromatic N) is 1. The number of carbonyl (C=O) groups is 2. The zero-order valence-electron chi connectivity index (χ0n) is 20.1. The van der Waals surface area contributed by atoms with Gasteiger partial charge in [0.1, 0.15) is 17.7 Å². The van der Waals surface area contributed by atoms with E-state index in [-0.39, 0.29) is 36.3 Å². The third-order valence-electron chi connectivity index (χ3n) is 5.65. The van der Waals surface area contributed by atoms with Gasteiger partial charge in [0.15, 0.2) is 0 Å². The van der Waals surface area contributed by atoms with Crippen molar-refractivity contribution in [2.75, 3.05) is 12.3 Å². The summed E-state index contributed by atoms with van der Waals surface area (Å²) in [6, 6.07) is 19.2. The standard InChI is InChI=1S/C28H29ClF2N2O2S/c1-2-15-32-28(35)26(16-20-9-4-3-5-10-20)33(17-21-11-6-7-13-24(21)30)27(34)19-36-18-22-23(29)12-8-14-25(22)31/h3-14,26H,2,15-19H2,1H3,(H,32,35)/t26-/m1/s1. The van der Waals surface area contributed by atoms with Crippen molar-refractivity contribution in [3.8, 4) is 0 Å². The van der Waals surface area contributed by atoms with Crippen molar-refractivity contribution in [3.63, 3.8) is 0 Å². The molecular weight excluding hydrogens is 502 g/mol. The lowest BCUT2D eigenvalue weighted by atomic mass is 10.0. The van der Waals surface area contributed by atoms with Crippen LogP contribution in [0.25, 0.3) is 0 Å². The van der Waals surface area contributed by atoms with Crippen LogP contribution in [-0.2, 0) is 28.3 Å². The fraction of sp³-hybridized carbons (Fsp3) is 0.286. The van der Waals surface area contributed by atoms with Crippen LogP contribution in [0.15, 0.2) is 72.8 Å². The number of nitrogens with one attached hydrogen (secondary N) is 1. The zero-order valence-corrected chi connectivity index (χ0v) is 21.6. The first-order chi connectivity index (χ1) is 17.4. The van der Waals surface area contributed by atoms with Crippen LogP contribution in [0.3, 0.4) is 0 Å². The van der Waals surface area contributed by atoms with Gasteiger partial charge in [0, 0.05) is 41.4 Å². The van der Waals surface area contributed by atoms with Crippen molar-refractivity contribution in [1.29, 1.82) is 0 Å². The first-order valence-corrected chi connectivity index (χ1v) is 13.3. The van der Waals surface area contributed by atoms with Crippen LogP contribution in [0.5, 0.6) is 0 Å². The van der Waals surface area contributed by atoms with Gasteiger partial charge in [-0.2, -0.15) is 0 Å². The Balaban J connectivity index is 1.86. The molecule has 0 aliphatic carbocycles. The Morgan fingerprint density at radius 1 is 0.972 bits per heavy atom. The van der Waals surface area contributed by atoms with Crippen molar-refractivity contribution in [3.05, 3.63) is 106 Å². The highest BCUT2D eigenvalue weighted by molar-refractivity contribution is 7.99. The second-order valence-electron chi connectivity index (χ2n) is 8.30. The Labute approximate surface area is 220 Å². The van der Waals surface area contributed by atoms with Gasteiger partial charge in [0.25, 0.3) is 0 Å². The number of hydrogen-bond donors (Lipinski definition) is 1. The number of amides is 2. The molecule has 3 aromatic carbocycles. The lowest BCUT2D eigenvalue weighted by molar-refractivity contribution is -0.139. The minimum absolute atomic E-state index is 0.0224. The van der Waals surface area contributed by atoms with E-state index in [1.807, 2.05) is 37.3 Å². The summed E-state index contributed by atoms with van der Waals surface area (Å²) in [6.07, 6.45) is 1.02. The second kappa shape index (κ2) is 14.0. The van der Waals surface area contributed by atoms with Gasteiger partial charge in [-0.25, -0.2) is 8.78 Å². The van der Waals surface area contributed by atoms with E-state index in [1.54, 1.807) is 24.3 Å². The van der Waals surface area contributed by atoms with E-state index in [0.29, 0.717) is 22.7 Å². The summed E-state index contributed by atoms with van der Waals surface area (Å²) in [5, 5.41) is 3.18. The molecule has 8 heteroatoms. The molecule has 0 aliphatic heterocycles. The molecule has 3 rings (SSSR count). The molecule has 0 saturated heterocycles. The highest BCUT2D eigenvalue weighted by Gasteiger charge is 2.30. The van der Waals surface area contributed by atoms with Crippen LogP contribution in [0.4, 0.5) is 8.78 Å². The van der Waals surface area contributed by atoms with Gasteiger partial charge in [-0.1, -0.05) is 73.1 Å². The molecule has 0 aromatic heterocycles. The van der Waals surface area contributed by atoms with Crippen LogP contribution in [0, 0.1) is 11.6 Å². The molecule has 0 radical (unpaired) electrons. The van der Waals surface area contributed by atoms with E-state index in [4.69, 9.17) is 11.6 Å². The molecule has 1 N–H and O–H groups in total. The third-order valence-corrected chi connectivity index (χ3v) is 6.95. The van der Waals surface area contributed by atoms with E-state index >= 15 is 0 Å². The van der Waals surface area contributed by atoms with Gasteiger partial charge < -0.3 is 10.2 Å². The Bertz CT molecular complexity index is 1140. The number of benzene rings is 3. The van der Waals surface area contributed by atoms with Crippen LogP contribution in [-0.4, -0.2) is 35.1 Å². The molecule has 36 heavy (non-hydrogen) atoms. The summed E-state index contributed by atoms with van der Waals surface area (Å²) < 4.78 is 28.7. The number of halogens is 3. The molecule has 0 fully saturated rings. The molecule has 3 aromatic rings. The molecule has 2 amide bonds. The van der Waals surface area contributed by atoms with Crippen LogP contribution >= 0.6 is 23.4 Å². The van der Waals surface area contributed by atoms with Gasteiger partial charge >= 0.3 is 0 Å². The summed E-state index contributed by atoms with van der Waals surface area (Å²) in [6.45, 7) is 2.34. The normalized spacial score (nSPS) is 11.7. The molecule has 0 unspecified atom stereocenters. The molecule has 0 aliphatic rings. The van der Waals surface area contributed by atoms with Gasteiger partial charge in [-0.15, -0.1) is 11.8 Å².